The van der Waals surface area contributed by atoms with Crippen LogP contribution in [0.4, 0.5) is 11.4 Å². The van der Waals surface area contributed by atoms with Gasteiger partial charge < -0.3 is 25.3 Å². The minimum Gasteiger partial charge on any atom is -0.490 e. The lowest BCUT2D eigenvalue weighted by molar-refractivity contribution is -0.384. The van der Waals surface area contributed by atoms with Crippen LogP contribution >= 0.6 is 0 Å². The van der Waals surface area contributed by atoms with Crippen LogP contribution in [0.15, 0.2) is 36.4 Å². The van der Waals surface area contributed by atoms with Gasteiger partial charge in [0, 0.05) is 24.4 Å². The third-order valence-corrected chi connectivity index (χ3v) is 4.15. The van der Waals surface area contributed by atoms with Crippen molar-refractivity contribution in [3.05, 3.63) is 57.6 Å². The average Bonchev–Trinajstić information content (AvgIpc) is 2.74. The Kier molecular flexibility index (Phi) is 8.62. The molecular weight excluding hydrogens is 406 g/mol. The van der Waals surface area contributed by atoms with Crippen molar-refractivity contribution in [1.29, 1.82) is 0 Å². The van der Waals surface area contributed by atoms with E-state index in [1.165, 1.54) is 12.1 Å². The van der Waals surface area contributed by atoms with E-state index < -0.39 is 23.4 Å². The van der Waals surface area contributed by atoms with Crippen LogP contribution in [0.2, 0.25) is 0 Å². The summed E-state index contributed by atoms with van der Waals surface area (Å²) in [5, 5.41) is 13.5. The van der Waals surface area contributed by atoms with Crippen LogP contribution in [0.1, 0.15) is 29.8 Å². The highest BCUT2D eigenvalue weighted by Crippen LogP contribution is 2.28. The highest BCUT2D eigenvalue weighted by Gasteiger charge is 2.17. The van der Waals surface area contributed by atoms with E-state index in [-0.39, 0.29) is 16.9 Å². The number of hydrogen-bond acceptors (Lipinski definition) is 8. The molecule has 0 radical (unpaired) electrons. The second kappa shape index (κ2) is 11.4. The van der Waals surface area contributed by atoms with E-state index in [4.69, 9.17) is 19.9 Å². The lowest BCUT2D eigenvalue weighted by Gasteiger charge is -2.12. The number of benzene rings is 2. The average molecular weight is 431 g/mol. The number of nitrogen functional groups attached to an aromatic ring is 1. The zero-order valence-corrected chi connectivity index (χ0v) is 17.4. The highest BCUT2D eigenvalue weighted by atomic mass is 16.6. The Morgan fingerprint density at radius 2 is 1.77 bits per heavy atom. The summed E-state index contributed by atoms with van der Waals surface area (Å²) in [5.74, 6) is -0.126. The number of carbonyl (C=O) groups is 2. The van der Waals surface area contributed by atoms with Crippen molar-refractivity contribution in [3.63, 3.8) is 0 Å². The van der Waals surface area contributed by atoms with Gasteiger partial charge in [-0.25, -0.2) is 4.79 Å². The van der Waals surface area contributed by atoms with Gasteiger partial charge in [0.1, 0.15) is 0 Å². The van der Waals surface area contributed by atoms with Crippen molar-refractivity contribution in [3.8, 4) is 11.5 Å². The minimum atomic E-state index is -0.913. The summed E-state index contributed by atoms with van der Waals surface area (Å²) in [5.41, 5.74) is 6.16. The van der Waals surface area contributed by atoms with Crippen molar-refractivity contribution in [2.24, 2.45) is 0 Å². The first-order chi connectivity index (χ1) is 14.8. The molecule has 0 saturated heterocycles. The van der Waals surface area contributed by atoms with Crippen LogP contribution < -0.4 is 20.5 Å². The van der Waals surface area contributed by atoms with Crippen molar-refractivity contribution in [2.45, 2.75) is 20.3 Å². The number of ether oxygens (including phenoxy) is 3. The quantitative estimate of drug-likeness (QED) is 0.239. The molecule has 1 amide bonds. The number of rotatable bonds is 11. The molecule has 0 bridgehead atoms. The maximum atomic E-state index is 12.1. The maximum absolute atomic E-state index is 12.1. The van der Waals surface area contributed by atoms with E-state index in [0.29, 0.717) is 37.7 Å². The number of amides is 1. The van der Waals surface area contributed by atoms with E-state index in [1.54, 1.807) is 0 Å². The van der Waals surface area contributed by atoms with Gasteiger partial charge in [0.05, 0.1) is 23.7 Å². The van der Waals surface area contributed by atoms with Crippen molar-refractivity contribution in [2.75, 3.05) is 32.1 Å². The lowest BCUT2D eigenvalue weighted by atomic mass is 10.1. The molecule has 2 aromatic carbocycles. The summed E-state index contributed by atoms with van der Waals surface area (Å²) in [4.78, 5) is 34.2. The first-order valence-electron chi connectivity index (χ1n) is 9.72. The fraction of sp³-hybridized carbons (Fsp3) is 0.333. The van der Waals surface area contributed by atoms with E-state index in [0.717, 1.165) is 11.6 Å². The summed E-state index contributed by atoms with van der Waals surface area (Å²) >= 11 is 0. The van der Waals surface area contributed by atoms with Crippen LogP contribution in [0.3, 0.4) is 0 Å². The molecule has 31 heavy (non-hydrogen) atoms. The van der Waals surface area contributed by atoms with Crippen LogP contribution in [-0.4, -0.2) is 43.2 Å². The Labute approximate surface area is 179 Å². The largest absolute Gasteiger partial charge is 0.490 e. The number of carbonyl (C=O) groups excluding carboxylic acids is 2. The van der Waals surface area contributed by atoms with E-state index in [1.807, 2.05) is 32.0 Å². The Balaban J connectivity index is 1.85. The monoisotopic (exact) mass is 431 g/mol. The van der Waals surface area contributed by atoms with Gasteiger partial charge in [-0.1, -0.05) is 6.07 Å². The number of esters is 1. The third kappa shape index (κ3) is 6.88. The summed E-state index contributed by atoms with van der Waals surface area (Å²) in [6, 6.07) is 8.98. The van der Waals surface area contributed by atoms with Gasteiger partial charge in [-0.2, -0.15) is 0 Å². The summed E-state index contributed by atoms with van der Waals surface area (Å²) < 4.78 is 16.0. The Morgan fingerprint density at radius 1 is 1.06 bits per heavy atom. The predicted molar refractivity (Wildman–Crippen MR) is 113 cm³/mol. The van der Waals surface area contributed by atoms with Crippen molar-refractivity contribution >= 4 is 23.3 Å². The number of nitrogens with two attached hydrogens (primary N) is 1. The number of anilines is 1. The van der Waals surface area contributed by atoms with Crippen molar-refractivity contribution < 1.29 is 28.7 Å². The van der Waals surface area contributed by atoms with Gasteiger partial charge in [0.2, 0.25) is 0 Å². The van der Waals surface area contributed by atoms with Gasteiger partial charge in [-0.05, 0) is 44.0 Å². The Bertz CT molecular complexity index is 947. The summed E-state index contributed by atoms with van der Waals surface area (Å²) in [6.07, 6.45) is 0.532. The molecule has 0 fully saturated rings. The second-order valence-electron chi connectivity index (χ2n) is 6.35. The zero-order valence-electron chi connectivity index (χ0n) is 17.4. The lowest BCUT2D eigenvalue weighted by Crippen LogP contribution is -2.30. The normalized spacial score (nSPS) is 10.3. The molecule has 3 N–H and O–H groups in total. The van der Waals surface area contributed by atoms with E-state index in [2.05, 4.69) is 5.32 Å². The molecule has 0 unspecified atom stereocenters. The summed E-state index contributed by atoms with van der Waals surface area (Å²) in [6.45, 7) is 4.57. The molecule has 10 nitrogen and oxygen atoms in total. The predicted octanol–water partition coefficient (Wildman–Crippen LogP) is 2.49. The number of nitrogens with one attached hydrogen (secondary N) is 1. The molecule has 0 spiro atoms. The molecule has 2 rings (SSSR count). The second-order valence-corrected chi connectivity index (χ2v) is 6.35. The molecule has 0 heterocycles. The first kappa shape index (κ1) is 23.5. The molecule has 0 aliphatic carbocycles. The molecule has 0 aromatic heterocycles. The van der Waals surface area contributed by atoms with E-state index >= 15 is 0 Å². The standard InChI is InChI=1S/C21H25N3O7/c1-3-29-18-8-5-14(11-19(18)30-4-2)9-10-23-20(25)13-31-21(26)16-12-15(24(27)28)6-7-17(16)22/h5-8,11-12H,3-4,9-10,13,22H2,1-2H3,(H,23,25). The molecule has 2 aromatic rings. The van der Waals surface area contributed by atoms with Crippen LogP contribution in [0, 0.1) is 10.1 Å². The van der Waals surface area contributed by atoms with Gasteiger partial charge >= 0.3 is 5.97 Å². The maximum Gasteiger partial charge on any atom is 0.341 e. The molecule has 0 aliphatic heterocycles. The molecule has 0 aliphatic rings. The first-order valence-corrected chi connectivity index (χ1v) is 9.72. The molecule has 0 saturated carbocycles. The van der Waals surface area contributed by atoms with Crippen LogP contribution in [0.25, 0.3) is 0 Å². The number of nitro groups is 1. The van der Waals surface area contributed by atoms with Crippen LogP contribution in [0.5, 0.6) is 11.5 Å². The van der Waals surface area contributed by atoms with Crippen molar-refractivity contribution in [1.82, 2.24) is 5.32 Å². The fourth-order valence-corrected chi connectivity index (χ4v) is 2.69. The fourth-order valence-electron chi connectivity index (χ4n) is 2.69. The molecule has 166 valence electrons. The van der Waals surface area contributed by atoms with Gasteiger partial charge in [0.15, 0.2) is 18.1 Å². The van der Waals surface area contributed by atoms with Gasteiger partial charge in [0.25, 0.3) is 11.6 Å². The third-order valence-electron chi connectivity index (χ3n) is 4.15. The van der Waals surface area contributed by atoms with E-state index in [9.17, 15) is 19.7 Å². The smallest absolute Gasteiger partial charge is 0.341 e. The SMILES string of the molecule is CCOc1ccc(CCNC(=O)COC(=O)c2cc([N+](=O)[O-])ccc2N)cc1OCC. The zero-order chi connectivity index (χ0) is 22.8. The Hall–Kier alpha value is -3.82. The van der Waals surface area contributed by atoms with Gasteiger partial charge in [-0.15, -0.1) is 0 Å². The number of nitro benzene ring substituents is 1. The van der Waals surface area contributed by atoms with Gasteiger partial charge in [-0.3, -0.25) is 14.9 Å². The number of nitrogens with zero attached hydrogens (tertiary/aromatic N) is 1. The summed E-state index contributed by atoms with van der Waals surface area (Å²) in [7, 11) is 0. The molecule has 10 heteroatoms. The number of hydrogen-bond donors (Lipinski definition) is 2. The highest BCUT2D eigenvalue weighted by molar-refractivity contribution is 5.96. The molecule has 0 atom stereocenters. The minimum absolute atomic E-state index is 0.0246. The Morgan fingerprint density at radius 3 is 2.45 bits per heavy atom. The number of non-ortho nitro benzene ring substituents is 1. The molecular formula is C21H25N3O7. The topological polar surface area (TPSA) is 143 Å². The van der Waals surface area contributed by atoms with Crippen LogP contribution in [-0.2, 0) is 16.0 Å².